The van der Waals surface area contributed by atoms with Gasteiger partial charge in [0.25, 0.3) is 0 Å². The first-order chi connectivity index (χ1) is 16.7. The van der Waals surface area contributed by atoms with Crippen LogP contribution in [0.5, 0.6) is 17.2 Å². The number of esters is 1. The maximum atomic E-state index is 12.6. The van der Waals surface area contributed by atoms with Crippen LogP contribution in [0.25, 0.3) is 0 Å². The highest BCUT2D eigenvalue weighted by Crippen LogP contribution is 2.31. The Morgan fingerprint density at radius 3 is 2.57 bits per heavy atom. The van der Waals surface area contributed by atoms with Gasteiger partial charge in [0.2, 0.25) is 0 Å². The topological polar surface area (TPSA) is 168 Å². The molecule has 0 bridgehead atoms. The highest BCUT2D eigenvalue weighted by molar-refractivity contribution is 6.31. The number of urea groups is 1. The van der Waals surface area contributed by atoms with Crippen LogP contribution in [0.2, 0.25) is 5.02 Å². The van der Waals surface area contributed by atoms with Crippen molar-refractivity contribution >= 4 is 41.1 Å². The van der Waals surface area contributed by atoms with Gasteiger partial charge < -0.3 is 36.3 Å². The van der Waals surface area contributed by atoms with E-state index in [-0.39, 0.29) is 18.1 Å². The number of anilines is 2. The van der Waals surface area contributed by atoms with Gasteiger partial charge >= 0.3 is 18.1 Å². The van der Waals surface area contributed by atoms with E-state index in [1.807, 2.05) is 0 Å². The van der Waals surface area contributed by atoms with Gasteiger partial charge in [-0.3, -0.25) is 0 Å². The minimum Gasteiger partial charge on any atom is -0.490 e. The van der Waals surface area contributed by atoms with Crippen LogP contribution < -0.4 is 31.6 Å². The van der Waals surface area contributed by atoms with Crippen LogP contribution in [-0.2, 0) is 4.74 Å². The fourth-order valence-corrected chi connectivity index (χ4v) is 2.99. The molecule has 1 heterocycles. The lowest BCUT2D eigenvalue weighted by Crippen LogP contribution is -2.20. The van der Waals surface area contributed by atoms with Crippen molar-refractivity contribution in [3.63, 3.8) is 0 Å². The SMILES string of the molecule is Cc1cc(NC(=O)Nc2cccc(Oc3ccnc(C(=O)OC(N)=O)c3)c2)c(OCCN)cc1Cl. The molecular formula is C23H22ClN5O6. The van der Waals surface area contributed by atoms with Crippen molar-refractivity contribution in [1.29, 1.82) is 0 Å². The lowest BCUT2D eigenvalue weighted by atomic mass is 10.2. The highest BCUT2D eigenvalue weighted by Gasteiger charge is 2.14. The minimum absolute atomic E-state index is 0.166. The first-order valence-corrected chi connectivity index (χ1v) is 10.6. The number of rotatable bonds is 8. The van der Waals surface area contributed by atoms with Crippen LogP contribution in [0.1, 0.15) is 16.1 Å². The third-order valence-corrected chi connectivity index (χ3v) is 4.75. The highest BCUT2D eigenvalue weighted by atomic mass is 35.5. The Labute approximate surface area is 205 Å². The lowest BCUT2D eigenvalue weighted by molar-refractivity contribution is 0.0631. The zero-order valence-electron chi connectivity index (χ0n) is 18.5. The van der Waals surface area contributed by atoms with Gasteiger partial charge in [0.05, 0.1) is 5.69 Å². The van der Waals surface area contributed by atoms with E-state index in [1.54, 1.807) is 43.3 Å². The molecule has 3 amide bonds. The average molecular weight is 500 g/mol. The Morgan fingerprint density at radius 2 is 1.83 bits per heavy atom. The van der Waals surface area contributed by atoms with Crippen LogP contribution in [0.15, 0.2) is 54.7 Å². The Bertz CT molecular complexity index is 1250. The van der Waals surface area contributed by atoms with Crippen molar-refractivity contribution in [2.45, 2.75) is 6.92 Å². The van der Waals surface area contributed by atoms with E-state index in [4.69, 9.17) is 32.5 Å². The number of pyridine rings is 1. The van der Waals surface area contributed by atoms with Crippen LogP contribution in [0, 0.1) is 6.92 Å². The van der Waals surface area contributed by atoms with Gasteiger partial charge in [-0.1, -0.05) is 17.7 Å². The molecule has 0 atom stereocenters. The second-order valence-corrected chi connectivity index (χ2v) is 7.44. The largest absolute Gasteiger partial charge is 0.490 e. The second-order valence-electron chi connectivity index (χ2n) is 7.03. The monoisotopic (exact) mass is 499 g/mol. The molecular weight excluding hydrogens is 478 g/mol. The van der Waals surface area contributed by atoms with Crippen LogP contribution >= 0.6 is 11.6 Å². The lowest BCUT2D eigenvalue weighted by Gasteiger charge is -2.15. The Hall–Kier alpha value is -4.35. The van der Waals surface area contributed by atoms with Crippen molar-refractivity contribution in [3.05, 3.63) is 71.0 Å². The summed E-state index contributed by atoms with van der Waals surface area (Å²) in [5, 5.41) is 5.93. The number of hydrogen-bond acceptors (Lipinski definition) is 8. The third kappa shape index (κ3) is 7.32. The fourth-order valence-electron chi connectivity index (χ4n) is 2.84. The number of hydrogen-bond donors (Lipinski definition) is 4. The molecule has 3 rings (SSSR count). The smallest absolute Gasteiger partial charge is 0.412 e. The van der Waals surface area contributed by atoms with E-state index in [2.05, 4.69) is 20.4 Å². The number of nitrogens with one attached hydrogen (secondary N) is 2. The van der Waals surface area contributed by atoms with Crippen LogP contribution in [0.3, 0.4) is 0 Å². The Balaban J connectivity index is 1.69. The average Bonchev–Trinajstić information content (AvgIpc) is 2.80. The number of carbonyl (C=O) groups is 3. The molecule has 0 fully saturated rings. The number of benzene rings is 2. The molecule has 6 N–H and O–H groups in total. The molecule has 0 saturated carbocycles. The zero-order chi connectivity index (χ0) is 25.4. The maximum Gasteiger partial charge on any atom is 0.412 e. The fraction of sp³-hybridized carbons (Fsp3) is 0.130. The number of nitrogens with two attached hydrogens (primary N) is 2. The Morgan fingerprint density at radius 1 is 1.06 bits per heavy atom. The summed E-state index contributed by atoms with van der Waals surface area (Å²) in [5.41, 5.74) is 11.8. The molecule has 0 aliphatic carbocycles. The first-order valence-electron chi connectivity index (χ1n) is 10.2. The molecule has 0 unspecified atom stereocenters. The van der Waals surface area contributed by atoms with E-state index in [9.17, 15) is 14.4 Å². The van der Waals surface area contributed by atoms with E-state index in [0.29, 0.717) is 34.4 Å². The summed E-state index contributed by atoms with van der Waals surface area (Å²) in [6.07, 6.45) is 0.0629. The van der Waals surface area contributed by atoms with Crippen molar-refractivity contribution in [2.24, 2.45) is 11.5 Å². The van der Waals surface area contributed by atoms with Gasteiger partial charge in [-0.05, 0) is 36.8 Å². The molecule has 3 aromatic rings. The molecule has 0 spiro atoms. The molecule has 0 aliphatic heterocycles. The first kappa shape index (κ1) is 25.3. The van der Waals surface area contributed by atoms with Crippen molar-refractivity contribution in [3.8, 4) is 17.2 Å². The minimum atomic E-state index is -1.24. The third-order valence-electron chi connectivity index (χ3n) is 4.35. The van der Waals surface area contributed by atoms with Gasteiger partial charge in [0, 0.05) is 41.7 Å². The predicted molar refractivity (Wildman–Crippen MR) is 129 cm³/mol. The molecule has 0 aliphatic rings. The van der Waals surface area contributed by atoms with Gasteiger partial charge in [-0.25, -0.2) is 19.4 Å². The number of amides is 3. The van der Waals surface area contributed by atoms with Gasteiger partial charge in [-0.15, -0.1) is 0 Å². The summed E-state index contributed by atoms with van der Waals surface area (Å²) < 4.78 is 15.6. The number of halogens is 1. The van der Waals surface area contributed by atoms with E-state index in [0.717, 1.165) is 5.56 Å². The molecule has 182 valence electrons. The quantitative estimate of drug-likeness (QED) is 0.266. The molecule has 12 heteroatoms. The summed E-state index contributed by atoms with van der Waals surface area (Å²) in [6, 6.07) is 12.1. The van der Waals surface area contributed by atoms with Crippen LogP contribution in [0.4, 0.5) is 21.0 Å². The van der Waals surface area contributed by atoms with Crippen molar-refractivity contribution < 1.29 is 28.6 Å². The maximum absolute atomic E-state index is 12.6. The molecule has 35 heavy (non-hydrogen) atoms. The molecule has 0 saturated heterocycles. The van der Waals surface area contributed by atoms with Crippen molar-refractivity contribution in [1.82, 2.24) is 4.98 Å². The van der Waals surface area contributed by atoms with Crippen LogP contribution in [-0.4, -0.2) is 36.2 Å². The van der Waals surface area contributed by atoms with Crippen molar-refractivity contribution in [2.75, 3.05) is 23.8 Å². The number of primary amides is 1. The normalized spacial score (nSPS) is 10.3. The number of aryl methyl sites for hydroxylation is 1. The number of nitrogens with zero attached hydrogens (tertiary/aromatic N) is 1. The van der Waals surface area contributed by atoms with Gasteiger partial charge in [0.15, 0.2) is 5.69 Å². The Kier molecular flexibility index (Phi) is 8.43. The summed E-state index contributed by atoms with van der Waals surface area (Å²) >= 11 is 6.16. The summed E-state index contributed by atoms with van der Waals surface area (Å²) in [4.78, 5) is 39.0. The van der Waals surface area contributed by atoms with Gasteiger partial charge in [-0.2, -0.15) is 0 Å². The molecule has 1 aromatic heterocycles. The predicted octanol–water partition coefficient (Wildman–Crippen LogP) is 4.05. The zero-order valence-corrected chi connectivity index (χ0v) is 19.3. The van der Waals surface area contributed by atoms with E-state index in [1.165, 1.54) is 18.3 Å². The van der Waals surface area contributed by atoms with Gasteiger partial charge in [0.1, 0.15) is 23.9 Å². The summed E-state index contributed by atoms with van der Waals surface area (Å²) in [5.74, 6) is -0.0159. The standard InChI is InChI=1S/C23H22ClN5O6/c1-13-9-18(20(12-17(13)24)33-8-6-25)29-23(32)28-14-3-2-4-15(10-14)34-16-5-7-27-19(11-16)21(30)35-22(26)31/h2-5,7,9-12H,6,8,25H2,1H3,(H2,26,31)(H2,28,29,32). The number of ether oxygens (including phenoxy) is 3. The molecule has 0 radical (unpaired) electrons. The molecule has 11 nitrogen and oxygen atoms in total. The summed E-state index contributed by atoms with van der Waals surface area (Å²) in [6.45, 7) is 2.36. The number of aromatic nitrogens is 1. The number of carbonyl (C=O) groups excluding carboxylic acids is 3. The molecule has 2 aromatic carbocycles. The second kappa shape index (κ2) is 11.7. The van der Waals surface area contributed by atoms with E-state index < -0.39 is 18.1 Å². The summed E-state index contributed by atoms with van der Waals surface area (Å²) in [7, 11) is 0. The van der Waals surface area contributed by atoms with E-state index >= 15 is 0 Å².